The number of rotatable bonds is 4. The zero-order chi connectivity index (χ0) is 20.7. The van der Waals surface area contributed by atoms with Gasteiger partial charge in [0.05, 0.1) is 18.3 Å². The van der Waals surface area contributed by atoms with Gasteiger partial charge in [0, 0.05) is 50.6 Å². The number of hydrogen-bond acceptors (Lipinski definition) is 5. The van der Waals surface area contributed by atoms with Crippen molar-refractivity contribution in [2.24, 2.45) is 0 Å². The molecule has 0 spiro atoms. The van der Waals surface area contributed by atoms with E-state index < -0.39 is 0 Å². The van der Waals surface area contributed by atoms with E-state index in [1.165, 1.54) is 11.3 Å². The number of anilines is 1. The van der Waals surface area contributed by atoms with Gasteiger partial charge in [-0.25, -0.2) is 0 Å². The number of nitrogens with one attached hydrogen (secondary N) is 1. The number of methoxy groups -OCH3 is 1. The Morgan fingerprint density at radius 2 is 1.93 bits per heavy atom. The van der Waals surface area contributed by atoms with Gasteiger partial charge in [-0.05, 0) is 36.2 Å². The maximum absolute atomic E-state index is 11.7. The zero-order valence-electron chi connectivity index (χ0n) is 17.5. The van der Waals surface area contributed by atoms with Gasteiger partial charge in [-0.1, -0.05) is 18.2 Å². The molecule has 0 amide bonds. The number of piperazine rings is 1. The van der Waals surface area contributed by atoms with E-state index in [0.29, 0.717) is 0 Å². The van der Waals surface area contributed by atoms with Crippen molar-refractivity contribution in [3.05, 3.63) is 63.9 Å². The first-order chi connectivity index (χ1) is 14.6. The van der Waals surface area contributed by atoms with Crippen LogP contribution in [0.1, 0.15) is 11.1 Å². The third-order valence-electron chi connectivity index (χ3n) is 6.23. The summed E-state index contributed by atoms with van der Waals surface area (Å²) in [5.74, 6) is 1.87. The fourth-order valence-electron chi connectivity index (χ4n) is 4.74. The minimum absolute atomic E-state index is 0.0759. The van der Waals surface area contributed by atoms with Crippen molar-refractivity contribution in [1.29, 1.82) is 0 Å². The molecule has 1 unspecified atom stereocenters. The van der Waals surface area contributed by atoms with Crippen molar-refractivity contribution in [2.75, 3.05) is 44.7 Å². The van der Waals surface area contributed by atoms with Gasteiger partial charge in [0.15, 0.2) is 0 Å². The van der Waals surface area contributed by atoms with Crippen molar-refractivity contribution in [2.45, 2.75) is 19.4 Å². The van der Waals surface area contributed by atoms with E-state index in [-0.39, 0.29) is 11.7 Å². The summed E-state index contributed by atoms with van der Waals surface area (Å²) < 4.78 is 11.9. The number of pyridine rings is 1. The number of aromatic amines is 1. The molecule has 1 saturated heterocycles. The first kappa shape index (κ1) is 19.0. The van der Waals surface area contributed by atoms with Gasteiger partial charge < -0.3 is 19.4 Å². The predicted octanol–water partition coefficient (Wildman–Crippen LogP) is 2.97. The Balaban J connectivity index is 1.26. The molecule has 3 aromatic rings. The second-order valence-electron chi connectivity index (χ2n) is 8.20. The molecule has 1 fully saturated rings. The Morgan fingerprint density at radius 3 is 2.73 bits per heavy atom. The molecule has 0 radical (unpaired) electrons. The van der Waals surface area contributed by atoms with E-state index in [1.54, 1.807) is 13.2 Å². The van der Waals surface area contributed by atoms with E-state index in [2.05, 4.69) is 33.0 Å². The molecule has 3 heterocycles. The predicted molar refractivity (Wildman–Crippen MR) is 119 cm³/mol. The molecule has 1 atom stereocenters. The molecular formula is C24H27N3O3. The Labute approximate surface area is 176 Å². The van der Waals surface area contributed by atoms with E-state index in [1.807, 2.05) is 25.1 Å². The number of hydrogen-bond donors (Lipinski definition) is 1. The summed E-state index contributed by atoms with van der Waals surface area (Å²) in [5, 5.41) is 1.01. The summed E-state index contributed by atoms with van der Waals surface area (Å²) in [6, 6.07) is 13.8. The molecule has 1 N–H and O–H groups in total. The van der Waals surface area contributed by atoms with Crippen LogP contribution in [0, 0.1) is 6.92 Å². The fraction of sp³-hybridized carbons (Fsp3) is 0.375. The van der Waals surface area contributed by atoms with Gasteiger partial charge in [0.25, 0.3) is 0 Å². The van der Waals surface area contributed by atoms with Crippen LogP contribution in [0.15, 0.2) is 47.3 Å². The number of aromatic nitrogens is 1. The van der Waals surface area contributed by atoms with Crippen LogP contribution in [0.25, 0.3) is 10.9 Å². The van der Waals surface area contributed by atoms with Crippen LogP contribution in [0.3, 0.4) is 0 Å². The number of aryl methyl sites for hydroxylation is 1. The van der Waals surface area contributed by atoms with Crippen molar-refractivity contribution in [3.8, 4) is 11.5 Å². The standard InChI is InChI=1S/C24H27N3O3/c1-16-13-17-14-18(30-24(17)19-7-8-22(28)25-23(16)19)15-26-9-11-27(12-10-26)20-5-3-4-6-21(20)29-2/h3-8,13,18H,9-12,14-15H2,1-2H3,(H,25,28). The van der Waals surface area contributed by atoms with Crippen LogP contribution in [-0.2, 0) is 6.42 Å². The van der Waals surface area contributed by atoms with Crippen LogP contribution in [0.4, 0.5) is 5.69 Å². The summed E-state index contributed by atoms with van der Waals surface area (Å²) in [4.78, 5) is 19.6. The molecule has 2 aromatic carbocycles. The maximum Gasteiger partial charge on any atom is 0.248 e. The van der Waals surface area contributed by atoms with Crippen LogP contribution in [0.5, 0.6) is 11.5 Å². The lowest BCUT2D eigenvalue weighted by atomic mass is 10.0. The molecule has 0 bridgehead atoms. The van der Waals surface area contributed by atoms with Crippen molar-refractivity contribution >= 4 is 16.6 Å². The second-order valence-corrected chi connectivity index (χ2v) is 8.20. The van der Waals surface area contributed by atoms with Gasteiger partial charge >= 0.3 is 0 Å². The highest BCUT2D eigenvalue weighted by Crippen LogP contribution is 2.37. The molecule has 30 heavy (non-hydrogen) atoms. The quantitative estimate of drug-likeness (QED) is 0.723. The summed E-state index contributed by atoms with van der Waals surface area (Å²) in [6.45, 7) is 6.91. The van der Waals surface area contributed by atoms with Gasteiger partial charge in [0.1, 0.15) is 17.6 Å². The van der Waals surface area contributed by atoms with Crippen LogP contribution in [0.2, 0.25) is 0 Å². The Bertz CT molecular complexity index is 1130. The number of ether oxygens (including phenoxy) is 2. The van der Waals surface area contributed by atoms with E-state index in [0.717, 1.165) is 67.1 Å². The molecule has 6 heteroatoms. The smallest absolute Gasteiger partial charge is 0.248 e. The zero-order valence-corrected chi connectivity index (χ0v) is 17.5. The summed E-state index contributed by atoms with van der Waals surface area (Å²) in [5.41, 5.74) is 4.31. The molecule has 5 rings (SSSR count). The summed E-state index contributed by atoms with van der Waals surface area (Å²) in [6.07, 6.45) is 1.06. The van der Waals surface area contributed by atoms with E-state index >= 15 is 0 Å². The first-order valence-corrected chi connectivity index (χ1v) is 10.5. The molecule has 2 aliphatic heterocycles. The number of nitrogens with zero attached hydrogens (tertiary/aromatic N) is 2. The van der Waals surface area contributed by atoms with E-state index in [9.17, 15) is 4.79 Å². The molecular weight excluding hydrogens is 378 g/mol. The van der Waals surface area contributed by atoms with Crippen LogP contribution in [-0.4, -0.2) is 55.8 Å². The molecule has 156 valence electrons. The SMILES string of the molecule is COc1ccccc1N1CCN(CC2Cc3cc(C)c4[nH]c(=O)ccc4c3O2)CC1. The average molecular weight is 405 g/mol. The Hall–Kier alpha value is -2.99. The second kappa shape index (κ2) is 7.69. The van der Waals surface area contributed by atoms with Gasteiger partial charge in [-0.15, -0.1) is 0 Å². The largest absolute Gasteiger partial charge is 0.495 e. The highest BCUT2D eigenvalue weighted by atomic mass is 16.5. The Morgan fingerprint density at radius 1 is 1.13 bits per heavy atom. The summed E-state index contributed by atoms with van der Waals surface area (Å²) >= 11 is 0. The molecule has 2 aliphatic rings. The molecule has 1 aromatic heterocycles. The first-order valence-electron chi connectivity index (χ1n) is 10.5. The highest BCUT2D eigenvalue weighted by Gasteiger charge is 2.29. The molecule has 6 nitrogen and oxygen atoms in total. The van der Waals surface area contributed by atoms with Gasteiger partial charge in [-0.2, -0.15) is 0 Å². The van der Waals surface area contributed by atoms with Crippen LogP contribution >= 0.6 is 0 Å². The third kappa shape index (κ3) is 3.41. The monoisotopic (exact) mass is 405 g/mol. The van der Waals surface area contributed by atoms with Crippen molar-refractivity contribution in [1.82, 2.24) is 9.88 Å². The molecule has 0 aliphatic carbocycles. The normalized spacial score (nSPS) is 19.0. The fourth-order valence-corrected chi connectivity index (χ4v) is 4.74. The minimum Gasteiger partial charge on any atom is -0.495 e. The minimum atomic E-state index is -0.0759. The van der Waals surface area contributed by atoms with Gasteiger partial charge in [0.2, 0.25) is 5.56 Å². The topological polar surface area (TPSA) is 57.8 Å². The third-order valence-corrected chi connectivity index (χ3v) is 6.23. The van der Waals surface area contributed by atoms with Gasteiger partial charge in [-0.3, -0.25) is 9.69 Å². The highest BCUT2D eigenvalue weighted by molar-refractivity contribution is 5.89. The number of benzene rings is 2. The van der Waals surface area contributed by atoms with E-state index in [4.69, 9.17) is 9.47 Å². The summed E-state index contributed by atoms with van der Waals surface area (Å²) in [7, 11) is 1.73. The molecule has 0 saturated carbocycles. The van der Waals surface area contributed by atoms with Crippen molar-refractivity contribution < 1.29 is 9.47 Å². The number of fused-ring (bicyclic) bond motifs is 3. The average Bonchev–Trinajstić information content (AvgIpc) is 3.16. The lowest BCUT2D eigenvalue weighted by Crippen LogP contribution is -2.49. The Kier molecular flexibility index (Phi) is 4.87. The maximum atomic E-state index is 11.7. The number of para-hydroxylation sites is 2. The van der Waals surface area contributed by atoms with Crippen molar-refractivity contribution in [3.63, 3.8) is 0 Å². The lowest BCUT2D eigenvalue weighted by Gasteiger charge is -2.37. The number of H-pyrrole nitrogens is 1. The lowest BCUT2D eigenvalue weighted by molar-refractivity contribution is 0.146. The van der Waals surface area contributed by atoms with Crippen LogP contribution < -0.4 is 19.9 Å².